The molecule has 2 aliphatic rings. The Morgan fingerprint density at radius 2 is 0.549 bits per heavy atom. The molecule has 6 heteroatoms. The summed E-state index contributed by atoms with van der Waals surface area (Å²) in [4.78, 5) is 34.1. The van der Waals surface area contributed by atoms with E-state index in [1.807, 2.05) is 22.7 Å². The van der Waals surface area contributed by atoms with Crippen molar-refractivity contribution < 1.29 is 9.59 Å². The first kappa shape index (κ1) is 69.1. The lowest BCUT2D eigenvalue weighted by atomic mass is 9.68. The predicted molar refractivity (Wildman–Crippen MR) is 400 cm³/mol. The Labute approximate surface area is 566 Å². The highest BCUT2D eigenvalue weighted by molar-refractivity contribution is 7.32. The molecule has 1 atom stereocenters. The minimum atomic E-state index is -0.671. The van der Waals surface area contributed by atoms with Crippen LogP contribution in [0.25, 0.3) is 30.3 Å². The average Bonchev–Trinajstić information content (AvgIpc) is 1.49. The summed E-state index contributed by atoms with van der Waals surface area (Å²) in [6.07, 6.45) is 44.2. The number of unbranched alkanes of at least 4 members (excludes halogenated alkanes) is 21. The van der Waals surface area contributed by atoms with E-state index < -0.39 is 10.8 Å². The molecule has 0 saturated heterocycles. The molecule has 0 amide bonds. The molecule has 10 rings (SSSR count). The topological polar surface area (TPSA) is 34.1 Å². The van der Waals surface area contributed by atoms with Crippen LogP contribution in [0.15, 0.2) is 84.9 Å². The zero-order valence-electron chi connectivity index (χ0n) is 57.4. The Balaban J connectivity index is 1.33. The summed E-state index contributed by atoms with van der Waals surface area (Å²) >= 11 is 7.60. The minimum Gasteiger partial charge on any atom is -0.297 e. The number of rotatable bonds is 41. The van der Waals surface area contributed by atoms with Crippen molar-refractivity contribution in [3.8, 4) is 20.9 Å². The zero-order valence-corrected chi connectivity index (χ0v) is 60.7. The van der Waals surface area contributed by atoms with Crippen LogP contribution >= 0.6 is 45.3 Å². The molecule has 0 radical (unpaired) electrons. The normalized spacial score (nSPS) is 14.6. The lowest BCUT2D eigenvalue weighted by molar-refractivity contribution is 0.111. The third kappa shape index (κ3) is 15.2. The van der Waals surface area contributed by atoms with Crippen molar-refractivity contribution in [3.05, 3.63) is 182 Å². The average molecular weight is 1290 g/mol. The van der Waals surface area contributed by atoms with Crippen molar-refractivity contribution in [2.24, 2.45) is 0 Å². The number of hydrogen-bond acceptors (Lipinski definition) is 6. The zero-order chi connectivity index (χ0) is 63.7. The number of benzene rings is 4. The molecule has 0 bridgehead atoms. The lowest BCUT2D eigenvalue weighted by Gasteiger charge is -2.35. The highest BCUT2D eigenvalue weighted by Gasteiger charge is 2.56. The van der Waals surface area contributed by atoms with Gasteiger partial charge in [-0.25, -0.2) is 0 Å². The van der Waals surface area contributed by atoms with Crippen molar-refractivity contribution in [1.29, 1.82) is 0 Å². The first-order chi connectivity index (χ1) is 44.6. The number of aryl methyl sites for hydroxylation is 8. The van der Waals surface area contributed by atoms with Gasteiger partial charge in [0, 0.05) is 41.8 Å². The van der Waals surface area contributed by atoms with E-state index in [0.717, 1.165) is 67.3 Å². The summed E-state index contributed by atoms with van der Waals surface area (Å²) in [5.41, 5.74) is 21.0. The Bertz CT molecular complexity index is 3500. The second-order valence-corrected chi connectivity index (χ2v) is 32.0. The SMILES string of the molecule is CCCCCCc1cc(C)cc(C2(c3cc(CCCCCC)cc(CCCCCC)c3)c3sc(C=O)cc3-c3sc4c5c(sc4c32)-c2cc(C=O)sc2C5(c2cc(CCCCCC)cc(CCCCCC)c2)c2cc(CCCCCC)cc(CCCCCC)c2)c1. The molecule has 0 aliphatic heterocycles. The Morgan fingerprint density at radius 3 is 0.802 bits per heavy atom. The largest absolute Gasteiger partial charge is 0.297 e. The van der Waals surface area contributed by atoms with Gasteiger partial charge in [-0.05, 0) is 170 Å². The number of aldehydes is 2. The van der Waals surface area contributed by atoms with Gasteiger partial charge in [0.2, 0.25) is 0 Å². The van der Waals surface area contributed by atoms with E-state index in [1.54, 1.807) is 22.7 Å². The summed E-state index contributed by atoms with van der Waals surface area (Å²) in [6.45, 7) is 18.6. The summed E-state index contributed by atoms with van der Waals surface area (Å²) in [5, 5.41) is 0. The number of carbonyl (C=O) groups excluding carboxylic acids is 2. The van der Waals surface area contributed by atoms with Crippen LogP contribution in [0.1, 0.15) is 335 Å². The Hall–Kier alpha value is -4.72. The van der Waals surface area contributed by atoms with Crippen molar-refractivity contribution in [1.82, 2.24) is 0 Å². The number of fused-ring (bicyclic) bond motifs is 9. The second kappa shape index (κ2) is 33.6. The smallest absolute Gasteiger partial charge is 0.160 e. The van der Waals surface area contributed by atoms with E-state index in [4.69, 9.17) is 0 Å². The van der Waals surface area contributed by atoms with Gasteiger partial charge in [0.05, 0.1) is 30.0 Å². The summed E-state index contributed by atoms with van der Waals surface area (Å²) in [6, 6.07) is 36.0. The second-order valence-electron chi connectivity index (χ2n) is 27.8. The lowest BCUT2D eigenvalue weighted by Crippen LogP contribution is -2.29. The molecule has 8 aromatic rings. The van der Waals surface area contributed by atoms with Gasteiger partial charge in [-0.1, -0.05) is 262 Å². The van der Waals surface area contributed by atoms with E-state index in [9.17, 15) is 9.59 Å². The molecule has 91 heavy (non-hydrogen) atoms. The van der Waals surface area contributed by atoms with Gasteiger partial charge in [0.1, 0.15) is 0 Å². The van der Waals surface area contributed by atoms with E-state index in [2.05, 4.69) is 140 Å². The molecule has 0 saturated carbocycles. The number of thiophene rings is 4. The van der Waals surface area contributed by atoms with Crippen molar-refractivity contribution in [2.45, 2.75) is 291 Å². The van der Waals surface area contributed by atoms with Gasteiger partial charge in [0.15, 0.2) is 12.6 Å². The minimum absolute atomic E-state index is 0.669. The highest BCUT2D eigenvalue weighted by Crippen LogP contribution is 2.70. The van der Waals surface area contributed by atoms with E-state index in [-0.39, 0.29) is 0 Å². The highest BCUT2D eigenvalue weighted by atomic mass is 32.1. The quantitative estimate of drug-likeness (QED) is 0.0283. The fourth-order valence-corrected chi connectivity index (χ4v) is 21.5. The molecule has 1 unspecified atom stereocenters. The molecular formula is C85H110O2S4. The van der Waals surface area contributed by atoms with Gasteiger partial charge in [-0.15, -0.1) is 45.3 Å². The van der Waals surface area contributed by atoms with Gasteiger partial charge in [0.25, 0.3) is 0 Å². The van der Waals surface area contributed by atoms with Crippen LogP contribution in [0.3, 0.4) is 0 Å². The fraction of sp³-hybridized carbons (Fsp3) is 0.529. The van der Waals surface area contributed by atoms with Crippen LogP contribution in [0.2, 0.25) is 0 Å². The van der Waals surface area contributed by atoms with Crippen LogP contribution in [0, 0.1) is 6.92 Å². The van der Waals surface area contributed by atoms with E-state index in [1.165, 1.54) is 298 Å². The van der Waals surface area contributed by atoms with Crippen LogP contribution in [0.5, 0.6) is 0 Å². The molecule has 4 aromatic heterocycles. The first-order valence-corrected chi connectivity index (χ1v) is 40.2. The van der Waals surface area contributed by atoms with E-state index in [0.29, 0.717) is 0 Å². The maximum Gasteiger partial charge on any atom is 0.160 e. The van der Waals surface area contributed by atoms with Crippen LogP contribution in [0.4, 0.5) is 0 Å². The molecule has 4 aromatic carbocycles. The maximum absolute atomic E-state index is 13.6. The molecule has 0 N–H and O–H groups in total. The van der Waals surface area contributed by atoms with Crippen LogP contribution < -0.4 is 0 Å². The molecule has 486 valence electrons. The summed E-state index contributed by atoms with van der Waals surface area (Å²) < 4.78 is 2.79. The van der Waals surface area contributed by atoms with Gasteiger partial charge >= 0.3 is 0 Å². The summed E-state index contributed by atoms with van der Waals surface area (Å²) in [7, 11) is 0. The van der Waals surface area contributed by atoms with Gasteiger partial charge in [-0.2, -0.15) is 0 Å². The molecule has 0 fully saturated rings. The standard InChI is InChI=1S/C85H110O2S4/c1-9-16-23-30-37-61-44-60(8)45-68(49-61)84(69-50-62(38-31-24-17-10-2)46-63(51-69)39-32-25-18-11-3)76-78(74-56-72(58-86)88-82(74)84)90-81-77-79(91-80(76)81)75-57-73(59-87)89-83(75)85(77,70-52-64(40-33-26-19-12-4)47-65(53-70)41-34-27-20-13-5)71-54-66(42-35-28-21-14-6)48-67(55-71)43-36-29-22-15-7/h44-59H,9-43H2,1-8H3. The molecule has 0 spiro atoms. The maximum atomic E-state index is 13.6. The summed E-state index contributed by atoms with van der Waals surface area (Å²) in [5.74, 6) is 0. The van der Waals surface area contributed by atoms with Crippen molar-refractivity contribution >= 4 is 67.3 Å². The van der Waals surface area contributed by atoms with Gasteiger partial charge in [-0.3, -0.25) is 9.59 Å². The number of carbonyl (C=O) groups is 2. The molecule has 4 heterocycles. The first-order valence-electron chi connectivity index (χ1n) is 36.9. The van der Waals surface area contributed by atoms with Crippen molar-refractivity contribution in [2.75, 3.05) is 0 Å². The van der Waals surface area contributed by atoms with Crippen molar-refractivity contribution in [3.63, 3.8) is 0 Å². The third-order valence-electron chi connectivity index (χ3n) is 20.4. The molecule has 2 aliphatic carbocycles. The van der Waals surface area contributed by atoms with Crippen LogP contribution in [-0.2, 0) is 55.8 Å². The Morgan fingerprint density at radius 1 is 0.297 bits per heavy atom. The van der Waals surface area contributed by atoms with E-state index >= 15 is 0 Å². The number of hydrogen-bond donors (Lipinski definition) is 0. The fourth-order valence-electron chi connectivity index (χ4n) is 15.8. The van der Waals surface area contributed by atoms with Crippen LogP contribution in [-0.4, -0.2) is 12.6 Å². The molecular weight excluding hydrogens is 1180 g/mol. The molecule has 2 nitrogen and oxygen atoms in total. The monoisotopic (exact) mass is 1290 g/mol. The predicted octanol–water partition coefficient (Wildman–Crippen LogP) is 26.6. The Kier molecular flexibility index (Phi) is 25.5. The third-order valence-corrected chi connectivity index (χ3v) is 25.4. The van der Waals surface area contributed by atoms with Gasteiger partial charge < -0.3 is 0 Å².